The number of rotatable bonds is 3. The number of piperazine rings is 1. The van der Waals surface area contributed by atoms with Gasteiger partial charge in [-0.2, -0.15) is 5.10 Å². The highest BCUT2D eigenvalue weighted by molar-refractivity contribution is 7.13. The number of thiazole rings is 2. The monoisotopic (exact) mass is 347 g/mol. The van der Waals surface area contributed by atoms with Crippen molar-refractivity contribution in [3.63, 3.8) is 0 Å². The lowest BCUT2D eigenvalue weighted by Gasteiger charge is -2.34. The Kier molecular flexibility index (Phi) is 3.75. The van der Waals surface area contributed by atoms with E-state index in [1.165, 1.54) is 17.7 Å². The Balaban J connectivity index is 1.42. The van der Waals surface area contributed by atoms with E-state index in [0.29, 0.717) is 29.6 Å². The second-order valence-corrected chi connectivity index (χ2v) is 6.70. The van der Waals surface area contributed by atoms with Crippen molar-refractivity contribution >= 4 is 33.7 Å². The molecule has 1 aliphatic rings. The third-order valence-corrected chi connectivity index (χ3v) is 5.28. The van der Waals surface area contributed by atoms with Gasteiger partial charge in [-0.25, -0.2) is 15.0 Å². The molecular formula is C13H13N7OS2. The van der Waals surface area contributed by atoms with Crippen molar-refractivity contribution in [2.75, 3.05) is 31.1 Å². The van der Waals surface area contributed by atoms with Gasteiger partial charge in [0.2, 0.25) is 0 Å². The van der Waals surface area contributed by atoms with E-state index in [1.807, 2.05) is 10.3 Å². The van der Waals surface area contributed by atoms with Crippen molar-refractivity contribution in [3.05, 3.63) is 29.0 Å². The van der Waals surface area contributed by atoms with Crippen LogP contribution in [0.25, 0.3) is 10.8 Å². The predicted molar refractivity (Wildman–Crippen MR) is 87.7 cm³/mol. The van der Waals surface area contributed by atoms with E-state index in [4.69, 9.17) is 0 Å². The molecule has 0 bridgehead atoms. The van der Waals surface area contributed by atoms with E-state index in [-0.39, 0.29) is 5.91 Å². The van der Waals surface area contributed by atoms with Crippen LogP contribution in [0.4, 0.5) is 5.13 Å². The summed E-state index contributed by atoms with van der Waals surface area (Å²) in [6.07, 6.45) is 3.23. The molecule has 0 unspecified atom stereocenters. The summed E-state index contributed by atoms with van der Waals surface area (Å²) in [6.45, 7) is 2.93. The lowest BCUT2D eigenvalue weighted by molar-refractivity contribution is 0.0742. The quantitative estimate of drug-likeness (QED) is 0.769. The van der Waals surface area contributed by atoms with Crippen LogP contribution in [0, 0.1) is 0 Å². The summed E-state index contributed by atoms with van der Waals surface area (Å²) in [6, 6.07) is 0. The lowest BCUT2D eigenvalue weighted by atomic mass is 10.3. The molecule has 4 heterocycles. The molecule has 1 amide bonds. The summed E-state index contributed by atoms with van der Waals surface area (Å²) in [4.78, 5) is 29.3. The molecule has 8 nitrogen and oxygen atoms in total. The second kappa shape index (κ2) is 6.05. The first-order chi connectivity index (χ1) is 11.3. The van der Waals surface area contributed by atoms with Crippen LogP contribution >= 0.6 is 22.7 Å². The number of aromatic nitrogens is 5. The first-order valence-electron chi connectivity index (χ1n) is 7.06. The molecule has 0 saturated carbocycles. The Morgan fingerprint density at radius 1 is 1.17 bits per heavy atom. The molecule has 1 aliphatic heterocycles. The van der Waals surface area contributed by atoms with Gasteiger partial charge in [-0.3, -0.25) is 9.89 Å². The van der Waals surface area contributed by atoms with Gasteiger partial charge in [0.1, 0.15) is 12.0 Å². The van der Waals surface area contributed by atoms with E-state index in [2.05, 4.69) is 30.0 Å². The fourth-order valence-electron chi connectivity index (χ4n) is 2.42. The van der Waals surface area contributed by atoms with Crippen LogP contribution in [-0.4, -0.2) is 62.1 Å². The first kappa shape index (κ1) is 14.3. The highest BCUT2D eigenvalue weighted by atomic mass is 32.1. The predicted octanol–water partition coefficient (Wildman–Crippen LogP) is 1.35. The number of aromatic amines is 1. The summed E-state index contributed by atoms with van der Waals surface area (Å²) in [7, 11) is 0. The third kappa shape index (κ3) is 2.82. The van der Waals surface area contributed by atoms with Gasteiger partial charge in [0.15, 0.2) is 16.0 Å². The number of anilines is 1. The molecular weight excluding hydrogens is 334 g/mol. The second-order valence-electron chi connectivity index (χ2n) is 4.97. The van der Waals surface area contributed by atoms with Crippen LogP contribution in [0.2, 0.25) is 0 Å². The molecule has 3 aromatic rings. The molecule has 1 saturated heterocycles. The minimum Gasteiger partial charge on any atom is -0.345 e. The number of hydrogen-bond acceptors (Lipinski definition) is 8. The number of hydrogen-bond donors (Lipinski definition) is 1. The molecule has 4 rings (SSSR count). The van der Waals surface area contributed by atoms with Crippen molar-refractivity contribution in [1.82, 2.24) is 30.0 Å². The average molecular weight is 347 g/mol. The first-order valence-corrected chi connectivity index (χ1v) is 8.82. The van der Waals surface area contributed by atoms with Crippen LogP contribution in [0.5, 0.6) is 0 Å². The highest BCUT2D eigenvalue weighted by Crippen LogP contribution is 2.22. The Morgan fingerprint density at radius 2 is 2.04 bits per heavy atom. The van der Waals surface area contributed by atoms with Crippen LogP contribution < -0.4 is 4.90 Å². The van der Waals surface area contributed by atoms with Gasteiger partial charge in [-0.1, -0.05) is 0 Å². The number of nitrogens with one attached hydrogen (secondary N) is 1. The van der Waals surface area contributed by atoms with Crippen LogP contribution in [0.15, 0.2) is 23.3 Å². The summed E-state index contributed by atoms with van der Waals surface area (Å²) in [5.74, 6) is 0.549. The zero-order valence-electron chi connectivity index (χ0n) is 12.0. The maximum atomic E-state index is 12.6. The van der Waals surface area contributed by atoms with Crippen molar-refractivity contribution < 1.29 is 4.79 Å². The van der Waals surface area contributed by atoms with Crippen molar-refractivity contribution in [3.8, 4) is 10.8 Å². The number of amides is 1. The summed E-state index contributed by atoms with van der Waals surface area (Å²) < 4.78 is 0. The molecule has 0 aromatic carbocycles. The fourth-order valence-corrected chi connectivity index (χ4v) is 3.86. The Labute approximate surface area is 139 Å². The Morgan fingerprint density at radius 3 is 2.74 bits per heavy atom. The van der Waals surface area contributed by atoms with E-state index in [0.717, 1.165) is 18.2 Å². The van der Waals surface area contributed by atoms with E-state index < -0.39 is 0 Å². The van der Waals surface area contributed by atoms with Gasteiger partial charge in [-0.05, 0) is 0 Å². The molecule has 0 atom stereocenters. The molecule has 3 aromatic heterocycles. The van der Waals surface area contributed by atoms with Gasteiger partial charge in [0.05, 0.1) is 0 Å². The molecule has 1 N–H and O–H groups in total. The zero-order valence-corrected chi connectivity index (χ0v) is 13.7. The third-order valence-electron chi connectivity index (χ3n) is 3.60. The number of H-pyrrole nitrogens is 1. The normalized spacial score (nSPS) is 15.1. The SMILES string of the molecule is O=C(c1csc(-c2ncn[nH]2)n1)N1CCN(c2nccs2)CC1. The molecule has 23 heavy (non-hydrogen) atoms. The molecule has 1 fully saturated rings. The van der Waals surface area contributed by atoms with Crippen LogP contribution in [0.3, 0.4) is 0 Å². The Bertz CT molecular complexity index is 775. The minimum absolute atomic E-state index is 0.0363. The Hall–Kier alpha value is -2.33. The number of nitrogens with zero attached hydrogens (tertiary/aromatic N) is 6. The number of carbonyl (C=O) groups is 1. The lowest BCUT2D eigenvalue weighted by Crippen LogP contribution is -2.48. The largest absolute Gasteiger partial charge is 0.345 e. The smallest absolute Gasteiger partial charge is 0.273 e. The zero-order chi connectivity index (χ0) is 15.6. The number of carbonyl (C=O) groups excluding carboxylic acids is 1. The molecule has 118 valence electrons. The van der Waals surface area contributed by atoms with Gasteiger partial charge in [0, 0.05) is 43.1 Å². The van der Waals surface area contributed by atoms with Gasteiger partial charge < -0.3 is 9.80 Å². The average Bonchev–Trinajstić information content (AvgIpc) is 3.36. The summed E-state index contributed by atoms with van der Waals surface area (Å²) >= 11 is 3.01. The van der Waals surface area contributed by atoms with Gasteiger partial charge in [-0.15, -0.1) is 22.7 Å². The van der Waals surface area contributed by atoms with E-state index in [1.54, 1.807) is 22.9 Å². The van der Waals surface area contributed by atoms with Crippen molar-refractivity contribution in [1.29, 1.82) is 0 Å². The molecule has 0 aliphatic carbocycles. The van der Waals surface area contributed by atoms with Crippen LogP contribution in [0.1, 0.15) is 10.5 Å². The molecule has 10 heteroatoms. The van der Waals surface area contributed by atoms with Crippen molar-refractivity contribution in [2.45, 2.75) is 0 Å². The maximum absolute atomic E-state index is 12.6. The topological polar surface area (TPSA) is 90.9 Å². The standard InChI is InChI=1S/C13H13N7OS2/c21-12(9-7-23-11(17-9)10-15-8-16-18-10)19-2-4-20(5-3-19)13-14-1-6-22-13/h1,6-8H,2-5H2,(H,15,16,18). The van der Waals surface area contributed by atoms with Gasteiger partial charge in [0.25, 0.3) is 5.91 Å². The summed E-state index contributed by atoms with van der Waals surface area (Å²) in [5, 5.41) is 12.0. The molecule has 0 spiro atoms. The minimum atomic E-state index is -0.0363. The van der Waals surface area contributed by atoms with Crippen molar-refractivity contribution in [2.24, 2.45) is 0 Å². The summed E-state index contributed by atoms with van der Waals surface area (Å²) in [5.41, 5.74) is 0.462. The fraction of sp³-hybridized carbons (Fsp3) is 0.308. The molecule has 0 radical (unpaired) electrons. The maximum Gasteiger partial charge on any atom is 0.273 e. The van der Waals surface area contributed by atoms with E-state index in [9.17, 15) is 4.79 Å². The highest BCUT2D eigenvalue weighted by Gasteiger charge is 2.25. The van der Waals surface area contributed by atoms with Crippen LogP contribution in [-0.2, 0) is 0 Å². The van der Waals surface area contributed by atoms with Gasteiger partial charge >= 0.3 is 0 Å². The van der Waals surface area contributed by atoms with E-state index >= 15 is 0 Å².